The Bertz CT molecular complexity index is 366. The van der Waals surface area contributed by atoms with Gasteiger partial charge in [-0.05, 0) is 12.1 Å². The van der Waals surface area contributed by atoms with E-state index in [1.807, 2.05) is 24.3 Å². The van der Waals surface area contributed by atoms with Crippen LogP contribution >= 0.6 is 13.5 Å². The Morgan fingerprint density at radius 2 is 1.62 bits per heavy atom. The number of nitrogens with one attached hydrogen (secondary N) is 2. The number of nitrogens with zero attached hydrogens (tertiary/aromatic N) is 2. The van der Waals surface area contributed by atoms with Crippen LogP contribution in [0.25, 0.3) is 11.0 Å². The van der Waals surface area contributed by atoms with Gasteiger partial charge in [0.25, 0.3) is 0 Å². The van der Waals surface area contributed by atoms with Crippen molar-refractivity contribution in [2.45, 2.75) is 0 Å². The molecule has 5 nitrogen and oxygen atoms in total. The number of fused-ring (bicyclic) bond motifs is 1. The Kier molecular flexibility index (Phi) is 5.73. The van der Waals surface area contributed by atoms with E-state index in [-0.39, 0.29) is 25.0 Å². The number of hydrogen-bond donors (Lipinski definition) is 2. The van der Waals surface area contributed by atoms with E-state index in [0.29, 0.717) is 0 Å². The topological polar surface area (TPSA) is 82.5 Å². The fourth-order valence-electron chi connectivity index (χ4n) is 0.786. The van der Waals surface area contributed by atoms with Crippen LogP contribution in [-0.2, 0) is 11.5 Å². The summed E-state index contributed by atoms with van der Waals surface area (Å²) in [6, 6.07) is 7.70. The van der Waals surface area contributed by atoms with Crippen LogP contribution in [0.5, 0.6) is 0 Å². The molecule has 0 bridgehead atoms. The lowest BCUT2D eigenvalue weighted by Gasteiger charge is -1.78. The third-order valence-electron chi connectivity index (χ3n) is 1.22. The van der Waals surface area contributed by atoms with Crippen LogP contribution in [0.4, 0.5) is 0 Å². The van der Waals surface area contributed by atoms with Crippen LogP contribution in [0.1, 0.15) is 0 Å². The van der Waals surface area contributed by atoms with Crippen LogP contribution in [0.3, 0.4) is 0 Å². The zero-order chi connectivity index (χ0) is 8.81. The van der Waals surface area contributed by atoms with Gasteiger partial charge >= 0.3 is 0 Å². The normalized spacial score (nSPS) is 8.00. The molecular weight excluding hydrogens is 208 g/mol. The number of benzene rings is 1. The van der Waals surface area contributed by atoms with Gasteiger partial charge in [0.05, 0.1) is 0 Å². The molecule has 1 heterocycles. The summed E-state index contributed by atoms with van der Waals surface area (Å²) < 4.78 is 14.1. The molecule has 0 amide bonds. The molecule has 2 rings (SSSR count). The number of aromatic amines is 1. The van der Waals surface area contributed by atoms with Crippen molar-refractivity contribution in [1.82, 2.24) is 15.4 Å². The molecule has 7 heteroatoms. The second-order valence-electron chi connectivity index (χ2n) is 1.90. The molecule has 0 radical (unpaired) electrons. The molecule has 13 heavy (non-hydrogen) atoms. The first-order chi connectivity index (χ1) is 5.88. The smallest absolute Gasteiger partial charge is 0.196 e. The van der Waals surface area contributed by atoms with Gasteiger partial charge in [-0.25, -0.2) is 4.78 Å². The maximum atomic E-state index is 8.51. The van der Waals surface area contributed by atoms with Crippen LogP contribution in [0.2, 0.25) is 0 Å². The zero-order valence-corrected chi connectivity index (χ0v) is 8.34. The Labute approximate surface area is 85.0 Å². The second-order valence-corrected chi connectivity index (χ2v) is 2.06. The van der Waals surface area contributed by atoms with Crippen LogP contribution < -0.4 is 0 Å². The highest BCUT2D eigenvalue weighted by atomic mass is 32.1. The van der Waals surface area contributed by atoms with E-state index < -0.39 is 0 Å². The van der Waals surface area contributed by atoms with Crippen molar-refractivity contribution in [1.29, 1.82) is 4.78 Å². The lowest BCUT2D eigenvalue weighted by molar-refractivity contribution is 0.697. The van der Waals surface area contributed by atoms with Gasteiger partial charge in [0.2, 0.25) is 0 Å². The molecule has 2 aromatic rings. The van der Waals surface area contributed by atoms with Crippen LogP contribution in [0, 0.1) is 4.78 Å². The lowest BCUT2D eigenvalue weighted by atomic mass is 10.3. The van der Waals surface area contributed by atoms with Gasteiger partial charge in [-0.3, -0.25) is 0 Å². The van der Waals surface area contributed by atoms with E-state index in [9.17, 15) is 0 Å². The van der Waals surface area contributed by atoms with Crippen molar-refractivity contribution in [3.8, 4) is 0 Å². The van der Waals surface area contributed by atoms with E-state index in [4.69, 9.17) is 8.99 Å². The molecule has 0 aliphatic rings. The molecule has 70 valence electrons. The summed E-state index contributed by atoms with van der Waals surface area (Å²) in [6.07, 6.45) is 0. The zero-order valence-electron chi connectivity index (χ0n) is 6.52. The largest absolute Gasteiger partial charge is 0.210 e. The maximum absolute atomic E-state index is 8.51. The van der Waals surface area contributed by atoms with Crippen LogP contribution in [-0.4, -0.2) is 19.6 Å². The van der Waals surface area contributed by atoms with E-state index in [2.05, 4.69) is 15.4 Å². The molecular formula is C6H8N4OS2. The van der Waals surface area contributed by atoms with Gasteiger partial charge in [-0.1, -0.05) is 12.1 Å². The number of hydrogen-bond acceptors (Lipinski definition) is 4. The first kappa shape index (κ1) is 11.8. The molecule has 0 saturated carbocycles. The third kappa shape index (κ3) is 3.34. The summed E-state index contributed by atoms with van der Waals surface area (Å²) >= 11 is -0.250. The van der Waals surface area contributed by atoms with Crippen molar-refractivity contribution in [2.24, 2.45) is 0 Å². The minimum Gasteiger partial charge on any atom is -0.210 e. The molecule has 0 unspecified atom stereocenters. The average Bonchev–Trinajstić information content (AvgIpc) is 2.52. The number of H-pyrrole nitrogens is 1. The monoisotopic (exact) mass is 216 g/mol. The highest BCUT2D eigenvalue weighted by Gasteiger charge is 1.90. The highest BCUT2D eigenvalue weighted by Crippen LogP contribution is 2.03. The minimum absolute atomic E-state index is 0. The first-order valence-electron chi connectivity index (χ1n) is 3.09. The molecule has 0 fully saturated rings. The predicted octanol–water partition coefficient (Wildman–Crippen LogP) is 1.03. The standard InChI is InChI=1S/C6H5N3.HNOS.H2S/c1-2-4-6-5(3-1)7-9-8-6;1-3-2;/h1-4H,(H,7,8,9);1H;1H2. The first-order valence-corrected chi connectivity index (χ1v) is 3.83. The number of rotatable bonds is 0. The lowest BCUT2D eigenvalue weighted by Crippen LogP contribution is -1.63. The summed E-state index contributed by atoms with van der Waals surface area (Å²) in [6.45, 7) is 0. The predicted molar refractivity (Wildman–Crippen MR) is 55.1 cm³/mol. The van der Waals surface area contributed by atoms with Gasteiger partial charge in [-0.2, -0.15) is 33.1 Å². The van der Waals surface area contributed by atoms with E-state index in [0.717, 1.165) is 11.0 Å². The van der Waals surface area contributed by atoms with E-state index >= 15 is 0 Å². The fourth-order valence-corrected chi connectivity index (χ4v) is 0.786. The summed E-state index contributed by atoms with van der Waals surface area (Å²) in [5.41, 5.74) is 1.83. The molecule has 0 aliphatic heterocycles. The van der Waals surface area contributed by atoms with Crippen molar-refractivity contribution in [3.63, 3.8) is 0 Å². The number of para-hydroxylation sites is 2. The molecule has 2 N–H and O–H groups in total. The van der Waals surface area contributed by atoms with Crippen molar-refractivity contribution in [3.05, 3.63) is 24.3 Å². The van der Waals surface area contributed by atoms with E-state index in [1.165, 1.54) is 0 Å². The Balaban J connectivity index is 0.000000324. The molecule has 0 spiro atoms. The Morgan fingerprint density at radius 3 is 2.00 bits per heavy atom. The van der Waals surface area contributed by atoms with Gasteiger partial charge in [0.1, 0.15) is 11.0 Å². The second kappa shape index (κ2) is 6.32. The summed E-state index contributed by atoms with van der Waals surface area (Å²) in [5, 5.41) is 10.3. The Morgan fingerprint density at radius 1 is 1.23 bits per heavy atom. The third-order valence-corrected chi connectivity index (χ3v) is 1.22. The number of aromatic nitrogens is 3. The SMILES string of the molecule is N=S=O.S.c1ccc2n[nH]nc2c1. The summed E-state index contributed by atoms with van der Waals surface area (Å²) in [4.78, 5) is 0. The fraction of sp³-hybridized carbons (Fsp3) is 0. The molecule has 0 saturated heterocycles. The van der Waals surface area contributed by atoms with Crippen molar-refractivity contribution < 1.29 is 4.21 Å². The van der Waals surface area contributed by atoms with Gasteiger partial charge in [-0.15, -0.1) is 0 Å². The van der Waals surface area contributed by atoms with Crippen molar-refractivity contribution in [2.75, 3.05) is 0 Å². The molecule has 0 aliphatic carbocycles. The quantitative estimate of drug-likeness (QED) is 0.690. The summed E-state index contributed by atoms with van der Waals surface area (Å²) in [7, 11) is 0. The van der Waals surface area contributed by atoms with Gasteiger partial charge < -0.3 is 0 Å². The average molecular weight is 216 g/mol. The summed E-state index contributed by atoms with van der Waals surface area (Å²) in [5.74, 6) is 0. The Hall–Kier alpha value is -1.21. The van der Waals surface area contributed by atoms with E-state index in [1.54, 1.807) is 0 Å². The van der Waals surface area contributed by atoms with Gasteiger partial charge in [0, 0.05) is 0 Å². The molecule has 1 aromatic carbocycles. The molecule has 1 aromatic heterocycles. The van der Waals surface area contributed by atoms with Crippen molar-refractivity contribution >= 4 is 36.0 Å². The maximum Gasteiger partial charge on any atom is 0.196 e. The van der Waals surface area contributed by atoms with Crippen LogP contribution in [0.15, 0.2) is 24.3 Å². The molecule has 0 atom stereocenters. The van der Waals surface area contributed by atoms with Gasteiger partial charge in [0.15, 0.2) is 11.5 Å². The highest BCUT2D eigenvalue weighted by molar-refractivity contribution is 7.59. The minimum atomic E-state index is -0.250.